The van der Waals surface area contributed by atoms with Crippen molar-refractivity contribution in [2.45, 2.75) is 82.8 Å². The molecule has 32 heavy (non-hydrogen) atoms. The highest BCUT2D eigenvalue weighted by atomic mass is 16.3. The van der Waals surface area contributed by atoms with E-state index in [1.54, 1.807) is 6.26 Å². The average molecular weight is 441 g/mol. The highest BCUT2D eigenvalue weighted by Crippen LogP contribution is 2.33. The first kappa shape index (κ1) is 21.6. The highest BCUT2D eigenvalue weighted by molar-refractivity contribution is 6.02. The molecule has 2 fully saturated rings. The molecule has 7 heteroatoms. The van der Waals surface area contributed by atoms with Crippen LogP contribution in [-0.4, -0.2) is 63.9 Å². The number of furan rings is 1. The third kappa shape index (κ3) is 3.96. The van der Waals surface area contributed by atoms with Crippen LogP contribution < -0.4 is 5.32 Å². The van der Waals surface area contributed by atoms with Crippen molar-refractivity contribution in [1.29, 1.82) is 0 Å². The summed E-state index contributed by atoms with van der Waals surface area (Å²) in [6, 6.07) is 3.93. The number of nitrogens with one attached hydrogen (secondary N) is 1. The number of piperidine rings is 1. The van der Waals surface area contributed by atoms with Gasteiger partial charge in [0, 0.05) is 24.7 Å². The Balaban J connectivity index is 1.38. The summed E-state index contributed by atoms with van der Waals surface area (Å²) < 4.78 is 7.54. The van der Waals surface area contributed by atoms with E-state index in [1.165, 1.54) is 25.7 Å². The molecule has 0 spiro atoms. The Morgan fingerprint density at radius 3 is 2.66 bits per heavy atom. The lowest BCUT2D eigenvalue weighted by Gasteiger charge is -2.45. The van der Waals surface area contributed by atoms with Gasteiger partial charge in [-0.2, -0.15) is 0 Å². The largest absolute Gasteiger partial charge is 0.463 e. The Bertz CT molecular complexity index is 967. The van der Waals surface area contributed by atoms with E-state index in [2.05, 4.69) is 10.2 Å². The Labute approximate surface area is 190 Å². The van der Waals surface area contributed by atoms with Gasteiger partial charge in [-0.3, -0.25) is 9.59 Å². The number of nitrogens with zero attached hydrogens (tertiary/aromatic N) is 3. The molecule has 2 aliphatic heterocycles. The van der Waals surface area contributed by atoms with Crippen LogP contribution in [0.2, 0.25) is 0 Å². The van der Waals surface area contributed by atoms with Gasteiger partial charge in [-0.15, -0.1) is 0 Å². The second-order valence-corrected chi connectivity index (χ2v) is 10.1. The Hall–Kier alpha value is -2.28. The lowest BCUT2D eigenvalue weighted by atomic mass is 9.91. The molecular weight excluding hydrogens is 404 g/mol. The number of hydrogen-bond donors (Lipinski definition) is 1. The van der Waals surface area contributed by atoms with Gasteiger partial charge in [0.1, 0.15) is 11.2 Å². The monoisotopic (exact) mass is 440 g/mol. The van der Waals surface area contributed by atoms with E-state index in [0.717, 1.165) is 57.3 Å². The summed E-state index contributed by atoms with van der Waals surface area (Å²) in [5.74, 6) is -0.0886. The van der Waals surface area contributed by atoms with Crippen LogP contribution in [0.5, 0.6) is 0 Å². The molecule has 2 amide bonds. The minimum Gasteiger partial charge on any atom is -0.463 e. The van der Waals surface area contributed by atoms with Gasteiger partial charge >= 0.3 is 0 Å². The summed E-state index contributed by atoms with van der Waals surface area (Å²) >= 11 is 0. The summed E-state index contributed by atoms with van der Waals surface area (Å²) in [5.41, 5.74) is 1.31. The lowest BCUT2D eigenvalue weighted by Crippen LogP contribution is -2.65. The third-order valence-electron chi connectivity index (χ3n) is 7.78. The van der Waals surface area contributed by atoms with Crippen molar-refractivity contribution in [1.82, 2.24) is 19.7 Å². The van der Waals surface area contributed by atoms with E-state index in [9.17, 15) is 9.59 Å². The summed E-state index contributed by atoms with van der Waals surface area (Å²) in [7, 11) is 0. The molecule has 0 unspecified atom stereocenters. The van der Waals surface area contributed by atoms with Gasteiger partial charge in [0.15, 0.2) is 5.58 Å². The van der Waals surface area contributed by atoms with Crippen LogP contribution in [0.15, 0.2) is 22.8 Å². The Morgan fingerprint density at radius 2 is 1.88 bits per heavy atom. The molecule has 0 radical (unpaired) electrons. The maximum atomic E-state index is 13.7. The molecule has 2 aromatic heterocycles. The van der Waals surface area contributed by atoms with Crippen molar-refractivity contribution in [3.8, 4) is 0 Å². The zero-order valence-corrected chi connectivity index (χ0v) is 19.3. The molecule has 1 aliphatic carbocycles. The maximum absolute atomic E-state index is 13.7. The van der Waals surface area contributed by atoms with E-state index >= 15 is 0 Å². The molecule has 3 aliphatic rings. The van der Waals surface area contributed by atoms with Crippen molar-refractivity contribution in [3.63, 3.8) is 0 Å². The first-order valence-corrected chi connectivity index (χ1v) is 12.5. The molecule has 1 N–H and O–H groups in total. The van der Waals surface area contributed by atoms with E-state index in [4.69, 9.17) is 4.42 Å². The minimum absolute atomic E-state index is 0.0216. The van der Waals surface area contributed by atoms with Crippen LogP contribution in [0.4, 0.5) is 0 Å². The highest BCUT2D eigenvalue weighted by Gasteiger charge is 2.48. The SMILES string of the molecule is C[C@@]1(C(=O)NC2CCCCC2)Cn2c(cc3occc32)C(=O)N1CCCN1CCCCC1. The number of carbonyl (C=O) groups is 2. The zero-order chi connectivity index (χ0) is 22.1. The van der Waals surface area contributed by atoms with Crippen LogP contribution in [0.3, 0.4) is 0 Å². The van der Waals surface area contributed by atoms with Gasteiger partial charge < -0.3 is 24.1 Å². The number of amides is 2. The number of carbonyl (C=O) groups excluding carboxylic acids is 2. The smallest absolute Gasteiger partial charge is 0.271 e. The van der Waals surface area contributed by atoms with Gasteiger partial charge in [-0.1, -0.05) is 25.7 Å². The predicted octanol–water partition coefficient (Wildman–Crippen LogP) is 3.77. The standard InChI is InChI=1S/C25H36N4O3/c1-25(24(31)26-19-9-4-2-5-10-19)18-28-20-11-16-32-22(20)17-21(28)23(30)29(25)15-8-14-27-12-6-3-7-13-27/h11,16-17,19H,2-10,12-15,18H2,1H3,(H,26,31)/t25-/m0/s1. The summed E-state index contributed by atoms with van der Waals surface area (Å²) in [4.78, 5) is 31.6. The molecule has 1 saturated heterocycles. The van der Waals surface area contributed by atoms with Crippen molar-refractivity contribution >= 4 is 22.9 Å². The van der Waals surface area contributed by atoms with Crippen molar-refractivity contribution < 1.29 is 14.0 Å². The first-order chi connectivity index (χ1) is 15.6. The predicted molar refractivity (Wildman–Crippen MR) is 124 cm³/mol. The fraction of sp³-hybridized carbons (Fsp3) is 0.680. The molecule has 4 heterocycles. The molecule has 0 bridgehead atoms. The van der Waals surface area contributed by atoms with Crippen LogP contribution >= 0.6 is 0 Å². The van der Waals surface area contributed by atoms with Gasteiger partial charge in [-0.05, 0) is 58.7 Å². The minimum atomic E-state index is -0.910. The normalized spacial score (nSPS) is 25.3. The molecule has 7 nitrogen and oxygen atoms in total. The van der Waals surface area contributed by atoms with E-state index < -0.39 is 5.54 Å². The number of rotatable bonds is 6. The summed E-state index contributed by atoms with van der Waals surface area (Å²) in [5, 5.41) is 3.30. The summed E-state index contributed by atoms with van der Waals surface area (Å²) in [6.07, 6.45) is 12.0. The van der Waals surface area contributed by atoms with Crippen LogP contribution in [0, 0.1) is 0 Å². The Morgan fingerprint density at radius 1 is 1.12 bits per heavy atom. The number of likely N-dealkylation sites (tertiary alicyclic amines) is 1. The second kappa shape index (κ2) is 8.93. The maximum Gasteiger partial charge on any atom is 0.271 e. The zero-order valence-electron chi connectivity index (χ0n) is 19.3. The Kier molecular flexibility index (Phi) is 6.01. The van der Waals surface area contributed by atoms with Gasteiger partial charge in [0.2, 0.25) is 5.91 Å². The van der Waals surface area contributed by atoms with Crippen molar-refractivity contribution in [2.75, 3.05) is 26.2 Å². The van der Waals surface area contributed by atoms with Crippen molar-refractivity contribution in [2.24, 2.45) is 0 Å². The van der Waals surface area contributed by atoms with Crippen LogP contribution in [0.1, 0.15) is 75.2 Å². The van der Waals surface area contributed by atoms with E-state index in [-0.39, 0.29) is 17.9 Å². The number of fused-ring (bicyclic) bond motifs is 3. The molecule has 2 aromatic rings. The van der Waals surface area contributed by atoms with E-state index in [0.29, 0.717) is 24.4 Å². The molecular formula is C25H36N4O3. The fourth-order valence-corrected chi connectivity index (χ4v) is 5.85. The van der Waals surface area contributed by atoms with Gasteiger partial charge in [-0.25, -0.2) is 0 Å². The first-order valence-electron chi connectivity index (χ1n) is 12.5. The van der Waals surface area contributed by atoms with E-state index in [1.807, 2.05) is 28.5 Å². The average Bonchev–Trinajstić information content (AvgIpc) is 3.40. The van der Waals surface area contributed by atoms with Crippen molar-refractivity contribution in [3.05, 3.63) is 24.1 Å². The number of aromatic nitrogens is 1. The second-order valence-electron chi connectivity index (χ2n) is 10.1. The quantitative estimate of drug-likeness (QED) is 0.742. The fourth-order valence-electron chi connectivity index (χ4n) is 5.85. The molecule has 0 aromatic carbocycles. The van der Waals surface area contributed by atoms with Crippen LogP contribution in [0.25, 0.3) is 11.1 Å². The molecule has 174 valence electrons. The lowest BCUT2D eigenvalue weighted by molar-refractivity contribution is -0.133. The molecule has 1 atom stereocenters. The third-order valence-corrected chi connectivity index (χ3v) is 7.78. The summed E-state index contributed by atoms with van der Waals surface area (Å²) in [6.45, 7) is 6.27. The van der Waals surface area contributed by atoms with Gasteiger partial charge in [0.25, 0.3) is 5.91 Å². The van der Waals surface area contributed by atoms with Gasteiger partial charge in [0.05, 0.1) is 18.3 Å². The molecule has 5 rings (SSSR count). The molecule has 1 saturated carbocycles. The topological polar surface area (TPSA) is 70.7 Å². The number of hydrogen-bond acceptors (Lipinski definition) is 4. The van der Waals surface area contributed by atoms with Crippen LogP contribution in [-0.2, 0) is 11.3 Å².